The van der Waals surface area contributed by atoms with E-state index in [1.807, 2.05) is 0 Å². The second-order valence-corrected chi connectivity index (χ2v) is 5.99. The fourth-order valence-electron chi connectivity index (χ4n) is 1.23. The van der Waals surface area contributed by atoms with Crippen LogP contribution in [0.2, 0.25) is 0 Å². The van der Waals surface area contributed by atoms with Gasteiger partial charge in [0, 0.05) is 4.90 Å². The van der Waals surface area contributed by atoms with Gasteiger partial charge in [0.2, 0.25) is 0 Å². The minimum Gasteiger partial charge on any atom is -0.223 e. The van der Waals surface area contributed by atoms with Crippen LogP contribution < -0.4 is 0 Å². The van der Waals surface area contributed by atoms with Gasteiger partial charge in [-0.15, -0.1) is 12.6 Å². The first kappa shape index (κ1) is 9.09. The van der Waals surface area contributed by atoms with Gasteiger partial charge in [-0.3, -0.25) is 0 Å². The Bertz CT molecular complexity index is 419. The summed E-state index contributed by atoms with van der Waals surface area (Å²) in [4.78, 5) is 1.10. The number of hydrogen-bond acceptors (Lipinski definition) is 3. The fraction of sp³-hybridized carbons (Fsp3) is 0.333. The summed E-state index contributed by atoms with van der Waals surface area (Å²) in [5.41, 5.74) is 0. The molecule has 0 spiro atoms. The lowest BCUT2D eigenvalue weighted by Gasteiger charge is -2.02. The molecule has 1 saturated carbocycles. The largest absolute Gasteiger partial charge is 0.223 e. The maximum absolute atomic E-state index is 11.7. The molecule has 70 valence electrons. The van der Waals surface area contributed by atoms with E-state index < -0.39 is 9.84 Å². The molecule has 0 amide bonds. The molecule has 1 fully saturated rings. The van der Waals surface area contributed by atoms with Gasteiger partial charge in [0.25, 0.3) is 0 Å². The number of hydrogen-bond donors (Lipinski definition) is 1. The van der Waals surface area contributed by atoms with Crippen LogP contribution >= 0.6 is 12.6 Å². The summed E-state index contributed by atoms with van der Waals surface area (Å²) < 4.78 is 23.4. The summed E-state index contributed by atoms with van der Waals surface area (Å²) in [6.07, 6.45) is 1.61. The van der Waals surface area contributed by atoms with Gasteiger partial charge in [0.1, 0.15) is 0 Å². The van der Waals surface area contributed by atoms with E-state index in [1.54, 1.807) is 24.3 Å². The summed E-state index contributed by atoms with van der Waals surface area (Å²) in [7, 11) is -3.04. The van der Waals surface area contributed by atoms with Crippen LogP contribution in [0.15, 0.2) is 34.1 Å². The van der Waals surface area contributed by atoms with Gasteiger partial charge < -0.3 is 0 Å². The number of rotatable bonds is 2. The Hall–Kier alpha value is -0.480. The standard InChI is InChI=1S/C9H10O2S2/c10-13(11,8-4-5-8)9-3-1-2-7(12)6-9/h1-3,6,8,12H,4-5H2. The molecule has 1 aromatic rings. The molecule has 0 bridgehead atoms. The Morgan fingerprint density at radius 3 is 2.54 bits per heavy atom. The third-order valence-electron chi connectivity index (χ3n) is 2.11. The van der Waals surface area contributed by atoms with Gasteiger partial charge in [0.15, 0.2) is 9.84 Å². The zero-order valence-corrected chi connectivity index (χ0v) is 8.68. The maximum atomic E-state index is 11.7. The van der Waals surface area contributed by atoms with Gasteiger partial charge in [-0.2, -0.15) is 0 Å². The number of sulfone groups is 1. The smallest absolute Gasteiger partial charge is 0.181 e. The molecule has 0 N–H and O–H groups in total. The highest BCUT2D eigenvalue weighted by Crippen LogP contribution is 2.33. The van der Waals surface area contributed by atoms with Crippen LogP contribution in [0.3, 0.4) is 0 Å². The number of benzene rings is 1. The van der Waals surface area contributed by atoms with E-state index in [-0.39, 0.29) is 5.25 Å². The highest BCUT2D eigenvalue weighted by Gasteiger charge is 2.36. The molecule has 1 aliphatic carbocycles. The minimum absolute atomic E-state index is 0.136. The second kappa shape index (κ2) is 3.03. The summed E-state index contributed by atoms with van der Waals surface area (Å²) in [6, 6.07) is 6.73. The summed E-state index contributed by atoms with van der Waals surface area (Å²) in [6.45, 7) is 0. The minimum atomic E-state index is -3.04. The van der Waals surface area contributed by atoms with Crippen LogP contribution in [-0.2, 0) is 9.84 Å². The average Bonchev–Trinajstić information content (AvgIpc) is 2.86. The van der Waals surface area contributed by atoms with Crippen LogP contribution in [0.25, 0.3) is 0 Å². The predicted molar refractivity (Wildman–Crippen MR) is 53.9 cm³/mol. The van der Waals surface area contributed by atoms with Crippen LogP contribution in [-0.4, -0.2) is 13.7 Å². The zero-order valence-electron chi connectivity index (χ0n) is 6.97. The van der Waals surface area contributed by atoms with Crippen molar-refractivity contribution in [3.63, 3.8) is 0 Å². The lowest BCUT2D eigenvalue weighted by atomic mass is 10.4. The van der Waals surface area contributed by atoms with Gasteiger partial charge in [-0.05, 0) is 31.0 Å². The van der Waals surface area contributed by atoms with Gasteiger partial charge >= 0.3 is 0 Å². The Morgan fingerprint density at radius 1 is 1.31 bits per heavy atom. The van der Waals surface area contributed by atoms with E-state index >= 15 is 0 Å². The normalized spacial score (nSPS) is 17.3. The SMILES string of the molecule is O=S(=O)(c1cccc(S)c1)C1CC1. The molecule has 13 heavy (non-hydrogen) atoms. The first-order valence-electron chi connectivity index (χ1n) is 4.13. The zero-order chi connectivity index (χ0) is 9.47. The molecule has 0 radical (unpaired) electrons. The third-order valence-corrected chi connectivity index (χ3v) is 4.65. The molecule has 0 saturated heterocycles. The van der Waals surface area contributed by atoms with Crippen LogP contribution in [0, 0.1) is 0 Å². The van der Waals surface area contributed by atoms with Crippen molar-refractivity contribution < 1.29 is 8.42 Å². The van der Waals surface area contributed by atoms with Crippen molar-refractivity contribution in [2.24, 2.45) is 0 Å². The molecule has 0 aromatic heterocycles. The Morgan fingerprint density at radius 2 is 2.00 bits per heavy atom. The van der Waals surface area contributed by atoms with Crippen molar-refractivity contribution in [2.45, 2.75) is 27.9 Å². The van der Waals surface area contributed by atoms with Gasteiger partial charge in [-0.25, -0.2) is 8.42 Å². The third kappa shape index (κ3) is 1.74. The lowest BCUT2D eigenvalue weighted by Crippen LogP contribution is -2.06. The van der Waals surface area contributed by atoms with E-state index in [1.165, 1.54) is 0 Å². The second-order valence-electron chi connectivity index (χ2n) is 3.24. The fourth-order valence-corrected chi connectivity index (χ4v) is 3.24. The highest BCUT2D eigenvalue weighted by atomic mass is 32.2. The number of thiol groups is 1. The van der Waals surface area contributed by atoms with Crippen molar-refractivity contribution in [1.82, 2.24) is 0 Å². The van der Waals surface area contributed by atoms with Crippen molar-refractivity contribution in [1.29, 1.82) is 0 Å². The first-order valence-corrected chi connectivity index (χ1v) is 6.13. The molecule has 0 heterocycles. The highest BCUT2D eigenvalue weighted by molar-refractivity contribution is 7.92. The van der Waals surface area contributed by atoms with E-state index in [0.29, 0.717) is 9.79 Å². The van der Waals surface area contributed by atoms with Crippen molar-refractivity contribution in [3.05, 3.63) is 24.3 Å². The average molecular weight is 214 g/mol. The summed E-state index contributed by atoms with van der Waals surface area (Å²) in [5.74, 6) is 0. The molecular weight excluding hydrogens is 204 g/mol. The van der Waals surface area contributed by atoms with Gasteiger partial charge in [0.05, 0.1) is 10.1 Å². The van der Waals surface area contributed by atoms with Crippen LogP contribution in [0.1, 0.15) is 12.8 Å². The monoisotopic (exact) mass is 214 g/mol. The summed E-state index contributed by atoms with van der Waals surface area (Å²) in [5, 5.41) is -0.136. The van der Waals surface area contributed by atoms with Crippen molar-refractivity contribution >= 4 is 22.5 Å². The molecular formula is C9H10O2S2. The van der Waals surface area contributed by atoms with Crippen LogP contribution in [0.5, 0.6) is 0 Å². The molecule has 4 heteroatoms. The molecule has 0 atom stereocenters. The molecule has 0 unspecified atom stereocenters. The predicted octanol–water partition coefficient (Wildman–Crippen LogP) is 1.91. The van der Waals surface area contributed by atoms with E-state index in [4.69, 9.17) is 0 Å². The van der Waals surface area contributed by atoms with Crippen molar-refractivity contribution in [2.75, 3.05) is 0 Å². The topological polar surface area (TPSA) is 34.1 Å². The lowest BCUT2D eigenvalue weighted by molar-refractivity contribution is 0.594. The van der Waals surface area contributed by atoms with Crippen molar-refractivity contribution in [3.8, 4) is 0 Å². The Kier molecular flexibility index (Phi) is 2.12. The van der Waals surface area contributed by atoms with E-state index in [2.05, 4.69) is 12.6 Å². The Labute approximate surface area is 83.3 Å². The van der Waals surface area contributed by atoms with E-state index in [9.17, 15) is 8.42 Å². The van der Waals surface area contributed by atoms with Crippen LogP contribution in [0.4, 0.5) is 0 Å². The molecule has 1 aromatic carbocycles. The molecule has 2 rings (SSSR count). The Balaban J connectivity index is 2.45. The summed E-state index contributed by atoms with van der Waals surface area (Å²) >= 11 is 4.11. The molecule has 1 aliphatic rings. The first-order chi connectivity index (χ1) is 6.10. The maximum Gasteiger partial charge on any atom is 0.181 e. The quantitative estimate of drug-likeness (QED) is 0.763. The van der Waals surface area contributed by atoms with E-state index in [0.717, 1.165) is 12.8 Å². The van der Waals surface area contributed by atoms with Gasteiger partial charge in [-0.1, -0.05) is 6.07 Å². The molecule has 0 aliphatic heterocycles. The molecule has 2 nitrogen and oxygen atoms in total.